The minimum atomic E-state index is -0.720. The molecule has 2 unspecified atom stereocenters. The molecule has 0 spiro atoms. The normalized spacial score (nSPS) is 17.6. The molecule has 1 aromatic carbocycles. The fraction of sp³-hybridized carbons (Fsp3) is 0.500. The molecule has 148 valence electrons. The Morgan fingerprint density at radius 1 is 1.30 bits per heavy atom. The molecule has 1 aromatic rings. The number of esters is 1. The zero-order valence-corrected chi connectivity index (χ0v) is 16.9. The van der Waals surface area contributed by atoms with Gasteiger partial charge in [-0.25, -0.2) is 4.79 Å². The molecular weight excluding hydrogens is 368 g/mol. The fourth-order valence-corrected chi connectivity index (χ4v) is 3.31. The van der Waals surface area contributed by atoms with Gasteiger partial charge in [-0.3, -0.25) is 4.79 Å². The van der Waals surface area contributed by atoms with Crippen molar-refractivity contribution < 1.29 is 28.9 Å². The fourth-order valence-electron chi connectivity index (χ4n) is 2.94. The van der Waals surface area contributed by atoms with Crippen LogP contribution in [0, 0.1) is 0 Å². The number of aliphatic hydroxyl groups is 1. The quantitative estimate of drug-likeness (QED) is 0.480. The maximum absolute atomic E-state index is 12.4. The number of carbonyl (C=O) groups is 2. The second kappa shape index (κ2) is 9.69. The Morgan fingerprint density at radius 3 is 2.63 bits per heavy atom. The molecule has 27 heavy (non-hydrogen) atoms. The average Bonchev–Trinajstić information content (AvgIpc) is 2.94. The number of carbonyl (C=O) groups excluding carboxylic acids is 2. The van der Waals surface area contributed by atoms with Crippen LogP contribution in [0.3, 0.4) is 0 Å². The number of aliphatic hydroxyl groups excluding tert-OH is 1. The number of methoxy groups -OCH3 is 2. The van der Waals surface area contributed by atoms with E-state index >= 15 is 0 Å². The standard InChI is InChI=1S/C20H26O6S/c1-12(27-4)10-17-19(22)18(20(23)26-17)14(21)7-5-6-13-8-9-15(24-2)16(11-13)25-3/h8-9,11-12,17,22H,5-7,10H2,1-4H3. The summed E-state index contributed by atoms with van der Waals surface area (Å²) < 4.78 is 15.6. The van der Waals surface area contributed by atoms with E-state index in [4.69, 9.17) is 14.2 Å². The summed E-state index contributed by atoms with van der Waals surface area (Å²) in [7, 11) is 3.14. The molecule has 0 saturated carbocycles. The second-order valence-corrected chi connectivity index (χ2v) is 7.68. The molecule has 2 atom stereocenters. The van der Waals surface area contributed by atoms with Gasteiger partial charge in [-0.1, -0.05) is 13.0 Å². The van der Waals surface area contributed by atoms with E-state index in [9.17, 15) is 14.7 Å². The Labute approximate surface area is 163 Å². The van der Waals surface area contributed by atoms with Crippen LogP contribution in [0.2, 0.25) is 0 Å². The number of thioether (sulfide) groups is 1. The number of ketones is 1. The summed E-state index contributed by atoms with van der Waals surface area (Å²) in [4.78, 5) is 24.4. The summed E-state index contributed by atoms with van der Waals surface area (Å²) in [5, 5.41) is 10.5. The third-order valence-electron chi connectivity index (χ3n) is 4.56. The minimum absolute atomic E-state index is 0.160. The Balaban J connectivity index is 1.96. The van der Waals surface area contributed by atoms with Gasteiger partial charge in [0.15, 0.2) is 29.1 Å². The SMILES string of the molecule is COc1ccc(CCCC(=O)C2=C(O)C(CC(C)SC)OC2=O)cc1OC. The first-order chi connectivity index (χ1) is 12.9. The van der Waals surface area contributed by atoms with E-state index in [2.05, 4.69) is 0 Å². The van der Waals surface area contributed by atoms with Gasteiger partial charge in [0, 0.05) is 18.1 Å². The molecule has 0 amide bonds. The lowest BCUT2D eigenvalue weighted by molar-refractivity contribution is -0.141. The molecule has 0 radical (unpaired) electrons. The first kappa shape index (κ1) is 21.2. The molecule has 0 aromatic heterocycles. The lowest BCUT2D eigenvalue weighted by atomic mass is 10.0. The van der Waals surface area contributed by atoms with Crippen molar-refractivity contribution in [2.45, 2.75) is 44.0 Å². The van der Waals surface area contributed by atoms with E-state index in [-0.39, 0.29) is 28.8 Å². The van der Waals surface area contributed by atoms with Crippen molar-refractivity contribution in [3.05, 3.63) is 35.1 Å². The van der Waals surface area contributed by atoms with Gasteiger partial charge in [-0.2, -0.15) is 11.8 Å². The van der Waals surface area contributed by atoms with Crippen LogP contribution >= 0.6 is 11.8 Å². The number of rotatable bonds is 10. The van der Waals surface area contributed by atoms with Crippen molar-refractivity contribution in [2.24, 2.45) is 0 Å². The van der Waals surface area contributed by atoms with Crippen LogP contribution < -0.4 is 9.47 Å². The summed E-state index contributed by atoms with van der Waals surface area (Å²) in [6.07, 6.45) is 3.06. The molecule has 1 aliphatic heterocycles. The summed E-state index contributed by atoms with van der Waals surface area (Å²) >= 11 is 1.61. The summed E-state index contributed by atoms with van der Waals surface area (Å²) in [6, 6.07) is 5.59. The van der Waals surface area contributed by atoms with Crippen LogP contribution in [-0.4, -0.2) is 48.7 Å². The number of benzene rings is 1. The minimum Gasteiger partial charge on any atom is -0.507 e. The van der Waals surface area contributed by atoms with Gasteiger partial charge >= 0.3 is 5.97 Å². The van der Waals surface area contributed by atoms with Crippen molar-refractivity contribution in [3.63, 3.8) is 0 Å². The lowest BCUT2D eigenvalue weighted by Crippen LogP contribution is -2.16. The van der Waals surface area contributed by atoms with Crippen LogP contribution in [0.4, 0.5) is 0 Å². The monoisotopic (exact) mass is 394 g/mol. The number of ether oxygens (including phenoxy) is 3. The number of aryl methyl sites for hydroxylation is 1. The van der Waals surface area contributed by atoms with E-state index in [1.807, 2.05) is 31.4 Å². The van der Waals surface area contributed by atoms with Crippen molar-refractivity contribution in [2.75, 3.05) is 20.5 Å². The van der Waals surface area contributed by atoms with E-state index in [0.717, 1.165) is 5.56 Å². The molecule has 0 saturated heterocycles. The first-order valence-corrected chi connectivity index (χ1v) is 10.1. The van der Waals surface area contributed by atoms with E-state index < -0.39 is 12.1 Å². The van der Waals surface area contributed by atoms with Crippen molar-refractivity contribution in [1.29, 1.82) is 0 Å². The largest absolute Gasteiger partial charge is 0.507 e. The Kier molecular flexibility index (Phi) is 7.59. The number of hydrogen-bond donors (Lipinski definition) is 1. The molecule has 0 bridgehead atoms. The zero-order valence-electron chi connectivity index (χ0n) is 16.1. The Morgan fingerprint density at radius 2 is 2.00 bits per heavy atom. The average molecular weight is 394 g/mol. The summed E-state index contributed by atoms with van der Waals surface area (Å²) in [5.41, 5.74) is 0.805. The molecule has 6 nitrogen and oxygen atoms in total. The predicted molar refractivity (Wildman–Crippen MR) is 105 cm³/mol. The highest BCUT2D eigenvalue weighted by Gasteiger charge is 2.38. The highest BCUT2D eigenvalue weighted by Crippen LogP contribution is 2.30. The third-order valence-corrected chi connectivity index (χ3v) is 5.56. The highest BCUT2D eigenvalue weighted by molar-refractivity contribution is 7.99. The van der Waals surface area contributed by atoms with Crippen LogP contribution in [0.15, 0.2) is 29.5 Å². The van der Waals surface area contributed by atoms with Gasteiger partial charge in [-0.15, -0.1) is 0 Å². The van der Waals surface area contributed by atoms with Gasteiger partial charge in [-0.05, 0) is 36.8 Å². The predicted octanol–water partition coefficient (Wildman–Crippen LogP) is 3.47. The van der Waals surface area contributed by atoms with Gasteiger partial charge in [0.25, 0.3) is 0 Å². The van der Waals surface area contributed by atoms with E-state index in [0.29, 0.717) is 30.8 Å². The zero-order chi connectivity index (χ0) is 20.0. The van der Waals surface area contributed by atoms with Crippen molar-refractivity contribution in [1.82, 2.24) is 0 Å². The highest BCUT2D eigenvalue weighted by atomic mass is 32.2. The smallest absolute Gasteiger partial charge is 0.346 e. The number of hydrogen-bond acceptors (Lipinski definition) is 7. The van der Waals surface area contributed by atoms with E-state index in [1.54, 1.807) is 26.0 Å². The Bertz CT molecular complexity index is 727. The number of Topliss-reactive ketones (excluding diaryl/α,β-unsaturated/α-hetero) is 1. The maximum atomic E-state index is 12.4. The van der Waals surface area contributed by atoms with Gasteiger partial charge in [0.1, 0.15) is 5.57 Å². The molecule has 0 fully saturated rings. The first-order valence-electron chi connectivity index (χ1n) is 8.82. The lowest BCUT2D eigenvalue weighted by Gasteiger charge is -2.13. The molecule has 1 aliphatic rings. The molecule has 1 N–H and O–H groups in total. The van der Waals surface area contributed by atoms with Gasteiger partial charge in [0.2, 0.25) is 0 Å². The van der Waals surface area contributed by atoms with Crippen LogP contribution in [0.25, 0.3) is 0 Å². The Hall–Kier alpha value is -2.15. The maximum Gasteiger partial charge on any atom is 0.346 e. The van der Waals surface area contributed by atoms with Crippen molar-refractivity contribution in [3.8, 4) is 11.5 Å². The molecule has 1 heterocycles. The molecule has 0 aliphatic carbocycles. The summed E-state index contributed by atoms with van der Waals surface area (Å²) in [5.74, 6) is -0.0466. The van der Waals surface area contributed by atoms with Crippen LogP contribution in [-0.2, 0) is 20.7 Å². The molecule has 7 heteroatoms. The molecule has 2 rings (SSSR count). The van der Waals surface area contributed by atoms with Gasteiger partial charge < -0.3 is 19.3 Å². The van der Waals surface area contributed by atoms with E-state index in [1.165, 1.54) is 0 Å². The van der Waals surface area contributed by atoms with Crippen LogP contribution in [0.5, 0.6) is 11.5 Å². The topological polar surface area (TPSA) is 82.1 Å². The second-order valence-electron chi connectivity index (χ2n) is 6.40. The van der Waals surface area contributed by atoms with Crippen LogP contribution in [0.1, 0.15) is 31.7 Å². The molecular formula is C20H26O6S. The van der Waals surface area contributed by atoms with Gasteiger partial charge in [0.05, 0.1) is 14.2 Å². The van der Waals surface area contributed by atoms with Crippen molar-refractivity contribution >= 4 is 23.5 Å². The third kappa shape index (κ3) is 5.19. The number of cyclic esters (lactones) is 1. The summed E-state index contributed by atoms with van der Waals surface area (Å²) in [6.45, 7) is 1.98.